The van der Waals surface area contributed by atoms with E-state index < -0.39 is 0 Å². The molecule has 47 heavy (non-hydrogen) atoms. The number of piperidine rings is 1. The number of benzene rings is 2. The fourth-order valence-electron chi connectivity index (χ4n) is 6.72. The molecule has 1 saturated carbocycles. The first-order valence-corrected chi connectivity index (χ1v) is 16.9. The number of esters is 1. The highest BCUT2D eigenvalue weighted by Gasteiger charge is 2.39. The number of ether oxygens (including phenoxy) is 1. The molecule has 0 spiro atoms. The number of carbonyl (C=O) groups excluding carboxylic acids is 1. The van der Waals surface area contributed by atoms with Crippen molar-refractivity contribution in [3.63, 3.8) is 0 Å². The topological polar surface area (TPSA) is 45.7 Å². The Kier molecular flexibility index (Phi) is 16.1. The van der Waals surface area contributed by atoms with E-state index in [4.69, 9.17) is 9.72 Å². The molecule has 3 atom stereocenters. The lowest BCUT2D eigenvalue weighted by atomic mass is 9.87. The predicted molar refractivity (Wildman–Crippen MR) is 195 cm³/mol. The number of thiazole rings is 1. The average molecular weight is 733 g/mol. The van der Waals surface area contributed by atoms with E-state index in [0.29, 0.717) is 11.8 Å². The lowest BCUT2D eigenvalue weighted by Gasteiger charge is -2.34. The van der Waals surface area contributed by atoms with Gasteiger partial charge in [0.2, 0.25) is 0 Å². The van der Waals surface area contributed by atoms with Crippen LogP contribution in [-0.2, 0) is 22.4 Å². The van der Waals surface area contributed by atoms with E-state index in [1.54, 1.807) is 12.1 Å². The zero-order chi connectivity index (χ0) is 31.4. The summed E-state index contributed by atoms with van der Waals surface area (Å²) in [6.07, 6.45) is 5.19. The van der Waals surface area contributed by atoms with Crippen molar-refractivity contribution in [1.82, 2.24) is 14.8 Å². The Hall–Kier alpha value is -1.81. The molecule has 1 aliphatic heterocycles. The predicted octanol–water partition coefficient (Wildman–Crippen LogP) is 8.86. The Bertz CT molecular complexity index is 1410. The standard InChI is InChI=1S/C36H47F2N3O2S.3ClH/c1-6-32-35(44-33(39-32)18-24-10-12-28(37)13-11-24)25-14-16-41(17-15-25)22-27-20-30(43-34(42)23-40(5)36(2,3)4)21-31(27)26-8-7-9-29(38)19-26;;;/h7-13,19,25,27,30-31H,6,14-18,20-23H2,1-5H3;3*1H/t27-,30+,31-;;;/m1.../s1. The zero-order valence-corrected chi connectivity index (χ0v) is 31.3. The van der Waals surface area contributed by atoms with Gasteiger partial charge in [-0.2, -0.15) is 0 Å². The summed E-state index contributed by atoms with van der Waals surface area (Å²) >= 11 is 1.82. The molecule has 1 aliphatic carbocycles. The van der Waals surface area contributed by atoms with Crippen molar-refractivity contribution in [3.05, 3.63) is 86.9 Å². The van der Waals surface area contributed by atoms with E-state index in [9.17, 15) is 13.6 Å². The minimum atomic E-state index is -0.218. The Morgan fingerprint density at radius 2 is 1.70 bits per heavy atom. The molecule has 0 unspecified atom stereocenters. The number of rotatable bonds is 10. The van der Waals surface area contributed by atoms with E-state index >= 15 is 0 Å². The van der Waals surface area contributed by atoms with E-state index in [-0.39, 0.29) is 78.9 Å². The number of likely N-dealkylation sites (N-methyl/N-ethyl adjacent to an activating group) is 1. The summed E-state index contributed by atoms with van der Waals surface area (Å²) in [5.41, 5.74) is 3.17. The largest absolute Gasteiger partial charge is 0.461 e. The smallest absolute Gasteiger partial charge is 0.320 e. The summed E-state index contributed by atoms with van der Waals surface area (Å²) in [6, 6.07) is 13.7. The summed E-state index contributed by atoms with van der Waals surface area (Å²) in [7, 11) is 1.94. The normalized spacial score (nSPS) is 20.3. The van der Waals surface area contributed by atoms with E-state index in [0.717, 1.165) is 74.3 Å². The van der Waals surface area contributed by atoms with E-state index in [1.165, 1.54) is 28.8 Å². The van der Waals surface area contributed by atoms with Crippen LogP contribution in [0.3, 0.4) is 0 Å². The molecule has 2 heterocycles. The minimum Gasteiger partial charge on any atom is -0.461 e. The van der Waals surface area contributed by atoms with Crippen molar-refractivity contribution in [3.8, 4) is 0 Å². The van der Waals surface area contributed by atoms with Crippen LogP contribution in [0.5, 0.6) is 0 Å². The van der Waals surface area contributed by atoms with Crippen LogP contribution in [-0.4, -0.2) is 65.6 Å². The van der Waals surface area contributed by atoms with Gasteiger partial charge >= 0.3 is 5.97 Å². The van der Waals surface area contributed by atoms with Crippen LogP contribution in [0.4, 0.5) is 8.78 Å². The summed E-state index contributed by atoms with van der Waals surface area (Å²) in [5.74, 6) is 0.324. The van der Waals surface area contributed by atoms with Gasteiger partial charge in [0, 0.05) is 23.4 Å². The second kappa shape index (κ2) is 18.3. The van der Waals surface area contributed by atoms with Gasteiger partial charge in [0.05, 0.1) is 17.2 Å². The molecule has 0 bridgehead atoms. The molecule has 0 radical (unpaired) electrons. The number of hydrogen-bond donors (Lipinski definition) is 0. The Morgan fingerprint density at radius 1 is 1.02 bits per heavy atom. The van der Waals surface area contributed by atoms with Crippen LogP contribution < -0.4 is 0 Å². The molecule has 5 nitrogen and oxygen atoms in total. The number of nitrogens with zero attached hydrogens (tertiary/aromatic N) is 3. The van der Waals surface area contributed by atoms with E-state index in [1.807, 2.05) is 41.5 Å². The Labute approximate surface area is 302 Å². The average Bonchev–Trinajstić information content (AvgIpc) is 3.57. The van der Waals surface area contributed by atoms with Gasteiger partial charge in [0.1, 0.15) is 17.7 Å². The number of halogens is 5. The highest BCUT2D eigenvalue weighted by atomic mass is 35.5. The first kappa shape index (κ1) is 41.4. The Balaban J connectivity index is 0.00000256. The fraction of sp³-hybridized carbons (Fsp3) is 0.556. The maximum Gasteiger partial charge on any atom is 0.320 e. The van der Waals surface area contributed by atoms with Crippen LogP contribution in [0.25, 0.3) is 0 Å². The van der Waals surface area contributed by atoms with Crippen molar-refractivity contribution < 1.29 is 18.3 Å². The maximum absolute atomic E-state index is 14.3. The zero-order valence-electron chi connectivity index (χ0n) is 28.0. The third-order valence-electron chi connectivity index (χ3n) is 9.56. The SMILES string of the molecule is CCc1nc(Cc2ccc(F)cc2)sc1C1CCN(C[C@H]2C[C@H](OC(=O)CN(C)C(C)(C)C)C[C@@H]2c2cccc(F)c2)CC1.Cl.Cl.Cl. The Morgan fingerprint density at radius 3 is 2.32 bits per heavy atom. The molecular weight excluding hydrogens is 683 g/mol. The molecule has 262 valence electrons. The molecule has 2 aliphatic rings. The first-order chi connectivity index (χ1) is 21.0. The summed E-state index contributed by atoms with van der Waals surface area (Å²) in [5, 5.41) is 1.10. The number of hydrogen-bond acceptors (Lipinski definition) is 6. The van der Waals surface area contributed by atoms with Crippen LogP contribution in [0.2, 0.25) is 0 Å². The molecular formula is C36H50Cl3F2N3O2S. The second-order valence-electron chi connectivity index (χ2n) is 13.7. The van der Waals surface area contributed by atoms with Crippen LogP contribution in [0.1, 0.15) is 91.9 Å². The number of aryl methyl sites for hydroxylation is 1. The first-order valence-electron chi connectivity index (χ1n) is 16.1. The molecule has 1 saturated heterocycles. The van der Waals surface area contributed by atoms with E-state index in [2.05, 4.69) is 32.6 Å². The molecule has 2 fully saturated rings. The molecule has 5 rings (SSSR count). The lowest BCUT2D eigenvalue weighted by molar-refractivity contribution is -0.151. The van der Waals surface area contributed by atoms with Crippen LogP contribution >= 0.6 is 48.6 Å². The molecule has 11 heteroatoms. The lowest BCUT2D eigenvalue weighted by Crippen LogP contribution is -2.42. The fourth-order valence-corrected chi connectivity index (χ4v) is 8.08. The third-order valence-corrected chi connectivity index (χ3v) is 10.8. The number of aromatic nitrogens is 1. The van der Waals surface area contributed by atoms with Gasteiger partial charge in [-0.1, -0.05) is 31.2 Å². The van der Waals surface area contributed by atoms with Crippen molar-refractivity contribution in [1.29, 1.82) is 0 Å². The second-order valence-corrected chi connectivity index (χ2v) is 14.8. The minimum absolute atomic E-state index is 0. The molecule has 2 aromatic carbocycles. The van der Waals surface area contributed by atoms with Gasteiger partial charge in [-0.25, -0.2) is 13.8 Å². The third kappa shape index (κ3) is 11.1. The van der Waals surface area contributed by atoms with Crippen LogP contribution in [0, 0.1) is 17.6 Å². The quantitative estimate of drug-likeness (QED) is 0.195. The van der Waals surface area contributed by atoms with Gasteiger partial charge in [-0.05, 0) is 126 Å². The van der Waals surface area contributed by atoms with Gasteiger partial charge in [-0.15, -0.1) is 48.6 Å². The van der Waals surface area contributed by atoms with Gasteiger partial charge in [0.15, 0.2) is 0 Å². The van der Waals surface area contributed by atoms with Crippen molar-refractivity contribution >= 4 is 54.5 Å². The van der Waals surface area contributed by atoms with Gasteiger partial charge in [-0.3, -0.25) is 9.69 Å². The van der Waals surface area contributed by atoms with Crippen molar-refractivity contribution in [2.24, 2.45) is 5.92 Å². The highest BCUT2D eigenvalue weighted by Crippen LogP contribution is 2.43. The van der Waals surface area contributed by atoms with Gasteiger partial charge in [0.25, 0.3) is 0 Å². The molecule has 0 amide bonds. The number of carbonyl (C=O) groups is 1. The summed E-state index contributed by atoms with van der Waals surface area (Å²) in [4.78, 5) is 23.8. The van der Waals surface area contributed by atoms with Gasteiger partial charge < -0.3 is 9.64 Å². The highest BCUT2D eigenvalue weighted by molar-refractivity contribution is 7.11. The van der Waals surface area contributed by atoms with Crippen molar-refractivity contribution in [2.75, 3.05) is 33.2 Å². The summed E-state index contributed by atoms with van der Waals surface area (Å²) in [6.45, 7) is 11.6. The molecule has 0 N–H and O–H groups in total. The molecule has 1 aromatic heterocycles. The van der Waals surface area contributed by atoms with Crippen LogP contribution in [0.15, 0.2) is 48.5 Å². The maximum atomic E-state index is 14.3. The number of likely N-dealkylation sites (tertiary alicyclic amines) is 1. The van der Waals surface area contributed by atoms with Crippen molar-refractivity contribution in [2.45, 2.75) is 89.7 Å². The summed E-state index contributed by atoms with van der Waals surface area (Å²) < 4.78 is 33.6. The molecule has 3 aromatic rings. The monoisotopic (exact) mass is 731 g/mol.